The average Bonchev–Trinajstić information content (AvgIpc) is 2.90. The van der Waals surface area contributed by atoms with E-state index < -0.39 is 30.9 Å². The molecule has 1 saturated heterocycles. The Balaban J connectivity index is 2.55. The van der Waals surface area contributed by atoms with Gasteiger partial charge in [-0.3, -0.25) is 14.4 Å². The van der Waals surface area contributed by atoms with Crippen LogP contribution in [0.2, 0.25) is 6.82 Å². The van der Waals surface area contributed by atoms with Gasteiger partial charge < -0.3 is 25.7 Å². The highest BCUT2D eigenvalue weighted by Crippen LogP contribution is 2.18. The molecule has 9 heteroatoms. The zero-order valence-corrected chi connectivity index (χ0v) is 13.2. The molecule has 124 valence electrons. The molecule has 0 aliphatic carbocycles. The van der Waals surface area contributed by atoms with Crippen LogP contribution in [0.3, 0.4) is 0 Å². The standard InChI is InChI=1S/C13H24BN3O5/c1-8(18)12(16-9(2)19)13(21)15-7-11(20)17-6-4-5-10(17)14(3)22/h8,10,12,18,22H,4-7H2,1-3H3,(H,15,21)(H,16,19). The molecule has 0 saturated carbocycles. The van der Waals surface area contributed by atoms with Crippen molar-refractivity contribution in [2.24, 2.45) is 0 Å². The molecule has 0 radical (unpaired) electrons. The number of likely N-dealkylation sites (tertiary alicyclic amines) is 1. The summed E-state index contributed by atoms with van der Waals surface area (Å²) in [5.74, 6) is -1.58. The second kappa shape index (κ2) is 8.14. The number of aliphatic hydroxyl groups excluding tert-OH is 1. The molecule has 3 atom stereocenters. The van der Waals surface area contributed by atoms with Gasteiger partial charge in [-0.1, -0.05) is 6.82 Å². The van der Waals surface area contributed by atoms with Crippen molar-refractivity contribution in [1.82, 2.24) is 15.5 Å². The SMILES string of the molecule is CB(O)C1CCCN1C(=O)CNC(=O)C(NC(C)=O)C(C)O. The Labute approximate surface area is 130 Å². The first-order valence-corrected chi connectivity index (χ1v) is 7.44. The second-order valence-electron chi connectivity index (χ2n) is 5.67. The number of carbonyl (C=O) groups is 3. The number of rotatable bonds is 6. The Morgan fingerprint density at radius 3 is 2.55 bits per heavy atom. The zero-order valence-electron chi connectivity index (χ0n) is 13.2. The molecular weight excluding hydrogens is 289 g/mol. The van der Waals surface area contributed by atoms with E-state index in [4.69, 9.17) is 0 Å². The van der Waals surface area contributed by atoms with Crippen molar-refractivity contribution in [3.8, 4) is 0 Å². The van der Waals surface area contributed by atoms with Crippen molar-refractivity contribution in [2.75, 3.05) is 13.1 Å². The normalized spacial score (nSPS) is 20.2. The van der Waals surface area contributed by atoms with Crippen LogP contribution in [-0.4, -0.2) is 70.8 Å². The van der Waals surface area contributed by atoms with Crippen LogP contribution in [0, 0.1) is 0 Å². The molecule has 8 nitrogen and oxygen atoms in total. The van der Waals surface area contributed by atoms with E-state index in [-0.39, 0.29) is 18.4 Å². The second-order valence-corrected chi connectivity index (χ2v) is 5.67. The van der Waals surface area contributed by atoms with E-state index in [1.54, 1.807) is 11.7 Å². The Bertz CT molecular complexity index is 430. The molecule has 0 aromatic rings. The van der Waals surface area contributed by atoms with Crippen LogP contribution < -0.4 is 10.6 Å². The van der Waals surface area contributed by atoms with Gasteiger partial charge in [-0.05, 0) is 19.8 Å². The minimum absolute atomic E-state index is 0.229. The molecule has 1 rings (SSSR count). The molecule has 0 aromatic heterocycles. The molecule has 1 aliphatic rings. The number of aliphatic hydroxyl groups is 1. The van der Waals surface area contributed by atoms with Crippen molar-refractivity contribution < 1.29 is 24.5 Å². The maximum atomic E-state index is 12.1. The molecule has 0 bridgehead atoms. The van der Waals surface area contributed by atoms with Crippen LogP contribution in [0.15, 0.2) is 0 Å². The van der Waals surface area contributed by atoms with Gasteiger partial charge in [0.1, 0.15) is 6.04 Å². The molecule has 3 unspecified atom stereocenters. The summed E-state index contributed by atoms with van der Waals surface area (Å²) in [6.07, 6.45) is 0.479. The first-order chi connectivity index (χ1) is 10.2. The maximum Gasteiger partial charge on any atom is 0.309 e. The summed E-state index contributed by atoms with van der Waals surface area (Å²) in [7, 11) is 0. The van der Waals surface area contributed by atoms with E-state index in [9.17, 15) is 24.5 Å². The van der Waals surface area contributed by atoms with Crippen LogP contribution in [0.4, 0.5) is 0 Å². The fourth-order valence-corrected chi connectivity index (χ4v) is 2.60. The third kappa shape index (κ3) is 4.99. The van der Waals surface area contributed by atoms with Crippen molar-refractivity contribution in [3.05, 3.63) is 0 Å². The molecule has 4 N–H and O–H groups in total. The molecule has 0 aromatic carbocycles. The van der Waals surface area contributed by atoms with Gasteiger partial charge in [0.2, 0.25) is 17.7 Å². The molecule has 1 aliphatic heterocycles. The third-order valence-electron chi connectivity index (χ3n) is 3.71. The first kappa shape index (κ1) is 18.4. The van der Waals surface area contributed by atoms with Gasteiger partial charge in [-0.25, -0.2) is 0 Å². The predicted molar refractivity (Wildman–Crippen MR) is 80.9 cm³/mol. The predicted octanol–water partition coefficient (Wildman–Crippen LogP) is -1.87. The maximum absolute atomic E-state index is 12.1. The van der Waals surface area contributed by atoms with E-state index in [0.717, 1.165) is 12.8 Å². The van der Waals surface area contributed by atoms with Crippen LogP contribution in [0.25, 0.3) is 0 Å². The summed E-state index contributed by atoms with van der Waals surface area (Å²) < 4.78 is 0. The van der Waals surface area contributed by atoms with Crippen LogP contribution in [-0.2, 0) is 14.4 Å². The van der Waals surface area contributed by atoms with Crippen molar-refractivity contribution in [3.63, 3.8) is 0 Å². The minimum Gasteiger partial charge on any atom is -0.449 e. The summed E-state index contributed by atoms with van der Waals surface area (Å²) in [6, 6.07) is -1.10. The van der Waals surface area contributed by atoms with Gasteiger partial charge in [0, 0.05) is 19.4 Å². The lowest BCUT2D eigenvalue weighted by atomic mass is 9.62. The molecular formula is C13H24BN3O5. The Morgan fingerprint density at radius 1 is 1.41 bits per heavy atom. The summed E-state index contributed by atoms with van der Waals surface area (Å²) in [5, 5.41) is 23.9. The van der Waals surface area contributed by atoms with E-state index in [1.807, 2.05) is 0 Å². The first-order valence-electron chi connectivity index (χ1n) is 7.44. The van der Waals surface area contributed by atoms with Crippen LogP contribution in [0.1, 0.15) is 26.7 Å². The monoisotopic (exact) mass is 313 g/mol. The molecule has 3 amide bonds. The average molecular weight is 313 g/mol. The fraction of sp³-hybridized carbons (Fsp3) is 0.769. The van der Waals surface area contributed by atoms with E-state index >= 15 is 0 Å². The summed E-state index contributed by atoms with van der Waals surface area (Å²) in [6.45, 7) is 3.96. The fourth-order valence-electron chi connectivity index (χ4n) is 2.60. The number of nitrogens with zero attached hydrogens (tertiary/aromatic N) is 1. The topological polar surface area (TPSA) is 119 Å². The highest BCUT2D eigenvalue weighted by atomic mass is 16.3. The largest absolute Gasteiger partial charge is 0.449 e. The number of amides is 3. The number of nitrogens with one attached hydrogen (secondary N) is 2. The van der Waals surface area contributed by atoms with E-state index in [0.29, 0.717) is 6.54 Å². The van der Waals surface area contributed by atoms with Crippen LogP contribution in [0.5, 0.6) is 0 Å². The number of hydrogen-bond donors (Lipinski definition) is 4. The molecule has 1 fully saturated rings. The van der Waals surface area contributed by atoms with Crippen molar-refractivity contribution in [1.29, 1.82) is 0 Å². The van der Waals surface area contributed by atoms with Gasteiger partial charge in [-0.15, -0.1) is 0 Å². The lowest BCUT2D eigenvalue weighted by Crippen LogP contribution is -2.54. The Kier molecular flexibility index (Phi) is 6.82. The summed E-state index contributed by atoms with van der Waals surface area (Å²) in [5.41, 5.74) is 0. The highest BCUT2D eigenvalue weighted by molar-refractivity contribution is 6.51. The van der Waals surface area contributed by atoms with E-state index in [2.05, 4.69) is 10.6 Å². The van der Waals surface area contributed by atoms with Crippen molar-refractivity contribution in [2.45, 2.75) is 51.6 Å². The Hall–Kier alpha value is -1.61. The molecule has 1 heterocycles. The number of carbonyl (C=O) groups excluding carboxylic acids is 3. The third-order valence-corrected chi connectivity index (χ3v) is 3.71. The lowest BCUT2D eigenvalue weighted by molar-refractivity contribution is -0.135. The van der Waals surface area contributed by atoms with Gasteiger partial charge in [0.05, 0.1) is 12.6 Å². The van der Waals surface area contributed by atoms with Gasteiger partial charge in [0.25, 0.3) is 0 Å². The zero-order chi connectivity index (χ0) is 16.9. The lowest BCUT2D eigenvalue weighted by Gasteiger charge is -2.26. The highest BCUT2D eigenvalue weighted by Gasteiger charge is 2.34. The molecule has 0 spiro atoms. The Morgan fingerprint density at radius 2 is 2.05 bits per heavy atom. The quantitative estimate of drug-likeness (QED) is 0.429. The smallest absolute Gasteiger partial charge is 0.309 e. The summed E-state index contributed by atoms with van der Waals surface area (Å²) >= 11 is 0. The summed E-state index contributed by atoms with van der Waals surface area (Å²) in [4.78, 5) is 36.7. The van der Waals surface area contributed by atoms with Gasteiger partial charge in [-0.2, -0.15) is 0 Å². The number of hydrogen-bond acceptors (Lipinski definition) is 5. The van der Waals surface area contributed by atoms with Crippen molar-refractivity contribution >= 4 is 24.6 Å². The van der Waals surface area contributed by atoms with Gasteiger partial charge >= 0.3 is 6.92 Å². The minimum atomic E-state index is -1.10. The molecule has 22 heavy (non-hydrogen) atoms. The van der Waals surface area contributed by atoms with E-state index in [1.165, 1.54) is 13.8 Å². The van der Waals surface area contributed by atoms with Crippen LogP contribution >= 0.6 is 0 Å². The van der Waals surface area contributed by atoms with Gasteiger partial charge in [0.15, 0.2) is 0 Å².